The second-order valence-electron chi connectivity index (χ2n) is 11.6. The maximum atomic E-state index is 14.0. The van der Waals surface area contributed by atoms with E-state index in [-0.39, 0.29) is 5.92 Å². The van der Waals surface area contributed by atoms with Crippen molar-refractivity contribution < 1.29 is 31.3 Å². The number of esters is 1. The predicted octanol–water partition coefficient (Wildman–Crippen LogP) is 8.45. The average molecular weight is 657 g/mol. The fourth-order valence-electron chi connectivity index (χ4n) is 7.03. The van der Waals surface area contributed by atoms with Gasteiger partial charge in [-0.15, -0.1) is 0 Å². The van der Waals surface area contributed by atoms with Crippen LogP contribution in [0.4, 0.5) is 8.78 Å². The number of ether oxygens (including phenoxy) is 1. The molecule has 0 fully saturated rings. The van der Waals surface area contributed by atoms with Gasteiger partial charge in [-0.3, -0.25) is 9.35 Å². The van der Waals surface area contributed by atoms with Gasteiger partial charge in [0.05, 0.1) is 5.92 Å². The third-order valence-corrected chi connectivity index (χ3v) is 12.3. The van der Waals surface area contributed by atoms with Crippen LogP contribution in [0, 0.1) is 5.92 Å². The summed E-state index contributed by atoms with van der Waals surface area (Å²) in [5, 5.41) is -4.60. The van der Waals surface area contributed by atoms with E-state index in [0.717, 1.165) is 33.4 Å². The van der Waals surface area contributed by atoms with E-state index in [4.69, 9.17) is 9.29 Å². The first-order chi connectivity index (χ1) is 22.2. The van der Waals surface area contributed by atoms with Crippen LogP contribution in [0.3, 0.4) is 0 Å². The van der Waals surface area contributed by atoms with E-state index in [1.165, 1.54) is 14.7 Å². The Kier molecular flexibility index (Phi) is 7.79. The molecule has 3 unspecified atom stereocenters. The van der Waals surface area contributed by atoms with Crippen LogP contribution >= 0.6 is 10.9 Å². The van der Waals surface area contributed by atoms with Crippen molar-refractivity contribution in [2.75, 3.05) is 6.61 Å². The van der Waals surface area contributed by atoms with Crippen molar-refractivity contribution >= 4 is 27.0 Å². The molecule has 5 aromatic carbocycles. The van der Waals surface area contributed by atoms with E-state index in [0.29, 0.717) is 6.42 Å². The van der Waals surface area contributed by atoms with Crippen molar-refractivity contribution in [2.24, 2.45) is 5.92 Å². The van der Waals surface area contributed by atoms with Crippen LogP contribution in [0.1, 0.15) is 40.5 Å². The van der Waals surface area contributed by atoms with Crippen LogP contribution in [0.15, 0.2) is 142 Å². The molecule has 3 aliphatic rings. The second kappa shape index (κ2) is 11.8. The van der Waals surface area contributed by atoms with Crippen LogP contribution in [-0.2, 0) is 19.6 Å². The SMILES string of the molecule is O=C(OCC(F)(F)S(=O)(=O)O)C1CC2c3ccccc3C1c1cccc(-c3ccccc3[SH](c3ccccc3)c3ccccc3)c12. The number of fused-ring (bicyclic) bond motifs is 1. The number of hydrogen-bond acceptors (Lipinski definition) is 4. The van der Waals surface area contributed by atoms with Crippen LogP contribution in [0.5, 0.6) is 0 Å². The Morgan fingerprint density at radius 3 is 1.93 bits per heavy atom. The van der Waals surface area contributed by atoms with Gasteiger partial charge < -0.3 is 4.74 Å². The molecule has 234 valence electrons. The lowest BCUT2D eigenvalue weighted by Gasteiger charge is -2.45. The number of benzene rings is 5. The van der Waals surface area contributed by atoms with Gasteiger partial charge in [0.2, 0.25) is 0 Å². The molecule has 0 saturated heterocycles. The summed E-state index contributed by atoms with van der Waals surface area (Å²) in [5.74, 6) is -2.42. The molecule has 0 saturated carbocycles. The fraction of sp³-hybridized carbons (Fsp3) is 0.162. The zero-order valence-electron chi connectivity index (χ0n) is 24.5. The summed E-state index contributed by atoms with van der Waals surface area (Å²) in [6, 6.07) is 43.2. The zero-order chi connectivity index (χ0) is 32.1. The molecule has 5 nitrogen and oxygen atoms in total. The summed E-state index contributed by atoms with van der Waals surface area (Å²) in [5.41, 5.74) is 6.18. The van der Waals surface area contributed by atoms with Gasteiger partial charge in [0.25, 0.3) is 0 Å². The van der Waals surface area contributed by atoms with Gasteiger partial charge in [-0.2, -0.15) is 28.1 Å². The summed E-state index contributed by atoms with van der Waals surface area (Å²) >= 11 is 0. The number of hydrogen-bond donors (Lipinski definition) is 2. The fourth-order valence-corrected chi connectivity index (χ4v) is 9.70. The number of thiol groups is 1. The van der Waals surface area contributed by atoms with E-state index in [2.05, 4.69) is 72.8 Å². The molecule has 8 rings (SSSR count). The molecule has 9 heteroatoms. The molecule has 0 amide bonds. The van der Waals surface area contributed by atoms with Crippen molar-refractivity contribution in [2.45, 2.75) is 38.2 Å². The topological polar surface area (TPSA) is 80.7 Å². The maximum absolute atomic E-state index is 14.0. The highest BCUT2D eigenvalue weighted by molar-refractivity contribution is 8.17. The number of rotatable bonds is 8. The Labute approximate surface area is 269 Å². The molecule has 0 heterocycles. The summed E-state index contributed by atoms with van der Waals surface area (Å²) in [6.45, 7) is -1.75. The van der Waals surface area contributed by atoms with Crippen LogP contribution < -0.4 is 0 Å². The quantitative estimate of drug-likeness (QED) is 0.0996. The minimum atomic E-state index is -5.73. The summed E-state index contributed by atoms with van der Waals surface area (Å²) in [7, 11) is -6.66. The van der Waals surface area contributed by atoms with Gasteiger partial charge in [-0.25, -0.2) is 0 Å². The average Bonchev–Trinajstić information content (AvgIpc) is 3.08. The van der Waals surface area contributed by atoms with Gasteiger partial charge >= 0.3 is 21.3 Å². The van der Waals surface area contributed by atoms with Crippen LogP contribution in [-0.4, -0.2) is 30.8 Å². The number of halogens is 2. The van der Waals surface area contributed by atoms with Crippen LogP contribution in [0.2, 0.25) is 0 Å². The molecule has 3 aliphatic carbocycles. The summed E-state index contributed by atoms with van der Waals surface area (Å²) < 4.78 is 64.1. The van der Waals surface area contributed by atoms with E-state index in [9.17, 15) is 22.0 Å². The first-order valence-corrected chi connectivity index (χ1v) is 17.7. The monoisotopic (exact) mass is 656 g/mol. The van der Waals surface area contributed by atoms with Crippen molar-refractivity contribution in [3.63, 3.8) is 0 Å². The molecule has 0 spiro atoms. The molecule has 2 bridgehead atoms. The maximum Gasteiger partial charge on any atom is 0.402 e. The predicted molar refractivity (Wildman–Crippen MR) is 174 cm³/mol. The molecule has 0 radical (unpaired) electrons. The van der Waals surface area contributed by atoms with E-state index in [1.807, 2.05) is 54.6 Å². The lowest BCUT2D eigenvalue weighted by molar-refractivity contribution is -0.155. The Hall–Kier alpha value is -4.31. The number of alkyl halides is 2. The van der Waals surface area contributed by atoms with Gasteiger partial charge in [0.1, 0.15) is 0 Å². The first kappa shape index (κ1) is 30.3. The molecule has 1 N–H and O–H groups in total. The first-order valence-electron chi connectivity index (χ1n) is 14.9. The van der Waals surface area contributed by atoms with Gasteiger partial charge in [0.15, 0.2) is 6.61 Å². The van der Waals surface area contributed by atoms with E-state index < -0.39 is 50.7 Å². The smallest absolute Gasteiger partial charge is 0.402 e. The Morgan fingerprint density at radius 2 is 1.28 bits per heavy atom. The van der Waals surface area contributed by atoms with Gasteiger partial charge in [-0.05, 0) is 79.9 Å². The highest BCUT2D eigenvalue weighted by atomic mass is 32.2. The molecule has 46 heavy (non-hydrogen) atoms. The molecule has 0 aromatic heterocycles. The largest absolute Gasteiger partial charge is 0.458 e. The third kappa shape index (κ3) is 5.22. The standard InChI is InChI=1S/C37H30F2O5S2/c38-37(39,46(41,42)43)23-44-36(40)32-22-31-26-16-7-8-18-28(26)35(32)30-20-11-19-29(34(30)31)27-17-9-10-21-33(27)45(24-12-3-1-4-13-24)25-14-5-2-6-15-25/h1-21,31-32,35,45H,22-23H2,(H,41,42,43). The molecular weight excluding hydrogens is 627 g/mol. The van der Waals surface area contributed by atoms with Crippen LogP contribution in [0.25, 0.3) is 11.1 Å². The third-order valence-electron chi connectivity index (χ3n) is 8.95. The summed E-state index contributed by atoms with van der Waals surface area (Å²) in [6.07, 6.45) is 0.316. The highest BCUT2D eigenvalue weighted by Gasteiger charge is 2.50. The minimum absolute atomic E-state index is 0.222. The molecule has 0 aliphatic heterocycles. The lowest BCUT2D eigenvalue weighted by Crippen LogP contribution is -2.40. The van der Waals surface area contributed by atoms with Crippen molar-refractivity contribution in [1.82, 2.24) is 0 Å². The van der Waals surface area contributed by atoms with Gasteiger partial charge in [-0.1, -0.05) is 97.1 Å². The second-order valence-corrected chi connectivity index (χ2v) is 15.3. The number of carbonyl (C=O) groups is 1. The minimum Gasteiger partial charge on any atom is -0.458 e. The molecule has 5 aromatic rings. The zero-order valence-corrected chi connectivity index (χ0v) is 26.2. The number of carbonyl (C=O) groups excluding carboxylic acids is 1. The Bertz CT molecular complexity index is 1990. The Balaban J connectivity index is 1.35. The molecule has 3 atom stereocenters. The lowest BCUT2D eigenvalue weighted by atomic mass is 9.58. The molecular formula is C37H30F2O5S2. The normalized spacial score (nSPS) is 18.8. The van der Waals surface area contributed by atoms with E-state index >= 15 is 0 Å². The van der Waals surface area contributed by atoms with Gasteiger partial charge in [0, 0.05) is 16.7 Å². The van der Waals surface area contributed by atoms with Crippen molar-refractivity contribution in [3.05, 3.63) is 150 Å². The Morgan fingerprint density at radius 1 is 0.739 bits per heavy atom. The summed E-state index contributed by atoms with van der Waals surface area (Å²) in [4.78, 5) is 17.0. The van der Waals surface area contributed by atoms with E-state index in [1.54, 1.807) is 0 Å². The highest BCUT2D eigenvalue weighted by Crippen LogP contribution is 2.60. The van der Waals surface area contributed by atoms with Crippen molar-refractivity contribution in [3.8, 4) is 11.1 Å². The van der Waals surface area contributed by atoms with Crippen molar-refractivity contribution in [1.29, 1.82) is 0 Å².